The first-order valence-electron chi connectivity index (χ1n) is 7.18. The van der Waals surface area contributed by atoms with E-state index >= 15 is 0 Å². The number of hydrogen-bond donors (Lipinski definition) is 0. The first kappa shape index (κ1) is 11.5. The van der Waals surface area contributed by atoms with Gasteiger partial charge in [-0.3, -0.25) is 4.79 Å². The third kappa shape index (κ3) is 2.35. The van der Waals surface area contributed by atoms with Crippen molar-refractivity contribution in [1.29, 1.82) is 0 Å². The quantitative estimate of drug-likeness (QED) is 0.749. The van der Waals surface area contributed by atoms with Gasteiger partial charge in [-0.25, -0.2) is 0 Å². The molecule has 1 amide bonds. The minimum atomic E-state index is 0.301. The molecule has 0 spiro atoms. The van der Waals surface area contributed by atoms with Gasteiger partial charge in [0.2, 0.25) is 5.91 Å². The molecule has 2 saturated carbocycles. The Bertz CT molecular complexity index is 289. The number of amides is 1. The van der Waals surface area contributed by atoms with Crippen molar-refractivity contribution in [2.75, 3.05) is 19.7 Å². The molecular weight excluding hydrogens is 214 g/mol. The molecule has 0 aromatic heterocycles. The second-order valence-corrected chi connectivity index (χ2v) is 5.94. The van der Waals surface area contributed by atoms with Gasteiger partial charge in [-0.1, -0.05) is 0 Å². The molecule has 3 rings (SSSR count). The normalized spacial score (nSPS) is 39.1. The summed E-state index contributed by atoms with van der Waals surface area (Å²) < 4.78 is 5.63. The molecule has 3 fully saturated rings. The summed E-state index contributed by atoms with van der Waals surface area (Å²) in [7, 11) is 0. The molecule has 1 heterocycles. The van der Waals surface area contributed by atoms with Crippen molar-refractivity contribution in [2.24, 2.45) is 17.8 Å². The van der Waals surface area contributed by atoms with Crippen molar-refractivity contribution in [3.8, 4) is 0 Å². The third-order valence-corrected chi connectivity index (χ3v) is 4.73. The maximum atomic E-state index is 12.4. The van der Waals surface area contributed by atoms with E-state index in [1.807, 2.05) is 4.90 Å². The Balaban J connectivity index is 1.53. The molecule has 0 radical (unpaired) electrons. The van der Waals surface area contributed by atoms with E-state index in [1.54, 1.807) is 0 Å². The summed E-state index contributed by atoms with van der Waals surface area (Å²) in [5.41, 5.74) is 0. The topological polar surface area (TPSA) is 29.5 Å². The molecule has 0 bridgehead atoms. The largest absolute Gasteiger partial charge is 0.376 e. The van der Waals surface area contributed by atoms with Gasteiger partial charge in [-0.05, 0) is 50.9 Å². The van der Waals surface area contributed by atoms with Crippen molar-refractivity contribution in [3.63, 3.8) is 0 Å². The number of nitrogens with zero attached hydrogens (tertiary/aromatic N) is 1. The molecule has 0 aromatic carbocycles. The molecule has 17 heavy (non-hydrogen) atoms. The Morgan fingerprint density at radius 1 is 1.29 bits per heavy atom. The first-order valence-corrected chi connectivity index (χ1v) is 7.18. The predicted molar refractivity (Wildman–Crippen MR) is 65.5 cm³/mol. The van der Waals surface area contributed by atoms with Gasteiger partial charge < -0.3 is 9.64 Å². The van der Waals surface area contributed by atoms with E-state index < -0.39 is 0 Å². The maximum absolute atomic E-state index is 12.4. The molecule has 3 heteroatoms. The molecular formula is C14H23NO2. The Morgan fingerprint density at radius 2 is 2.06 bits per heavy atom. The van der Waals surface area contributed by atoms with Crippen LogP contribution in [0.15, 0.2) is 0 Å². The smallest absolute Gasteiger partial charge is 0.225 e. The Hall–Kier alpha value is -0.570. The van der Waals surface area contributed by atoms with Crippen molar-refractivity contribution < 1.29 is 9.53 Å². The van der Waals surface area contributed by atoms with Crippen molar-refractivity contribution in [1.82, 2.24) is 4.90 Å². The lowest BCUT2D eigenvalue weighted by Crippen LogP contribution is -2.40. The van der Waals surface area contributed by atoms with Crippen molar-refractivity contribution >= 4 is 5.91 Å². The van der Waals surface area contributed by atoms with Crippen LogP contribution in [0.3, 0.4) is 0 Å². The van der Waals surface area contributed by atoms with Gasteiger partial charge in [0.05, 0.1) is 6.10 Å². The van der Waals surface area contributed by atoms with E-state index in [4.69, 9.17) is 4.74 Å². The standard InChI is InChI=1S/C14H23NO2/c1-2-15(9-13-4-3-5-17-13)14(16)12-7-10-6-11(10)8-12/h10-13H,2-9H2,1H3. The van der Waals surface area contributed by atoms with Gasteiger partial charge in [-0.15, -0.1) is 0 Å². The fourth-order valence-electron chi connectivity index (χ4n) is 3.58. The summed E-state index contributed by atoms with van der Waals surface area (Å²) in [6, 6.07) is 0. The van der Waals surface area contributed by atoms with E-state index in [0.717, 1.165) is 57.2 Å². The molecule has 3 unspecified atom stereocenters. The zero-order chi connectivity index (χ0) is 11.8. The number of rotatable bonds is 4. The maximum Gasteiger partial charge on any atom is 0.225 e. The van der Waals surface area contributed by atoms with Crippen LogP contribution in [-0.4, -0.2) is 36.6 Å². The third-order valence-electron chi connectivity index (χ3n) is 4.73. The highest BCUT2D eigenvalue weighted by molar-refractivity contribution is 5.79. The summed E-state index contributed by atoms with van der Waals surface area (Å²) >= 11 is 0. The zero-order valence-electron chi connectivity index (χ0n) is 10.7. The van der Waals surface area contributed by atoms with E-state index in [0.29, 0.717) is 17.9 Å². The summed E-state index contributed by atoms with van der Waals surface area (Å²) in [6.45, 7) is 4.62. The van der Waals surface area contributed by atoms with Crippen molar-refractivity contribution in [3.05, 3.63) is 0 Å². The highest BCUT2D eigenvalue weighted by Crippen LogP contribution is 2.54. The number of carbonyl (C=O) groups excluding carboxylic acids is 1. The van der Waals surface area contributed by atoms with E-state index in [9.17, 15) is 4.79 Å². The van der Waals surface area contributed by atoms with Crippen molar-refractivity contribution in [2.45, 2.75) is 45.1 Å². The molecule has 0 aromatic rings. The highest BCUT2D eigenvalue weighted by atomic mass is 16.5. The molecule has 1 aliphatic heterocycles. The Kier molecular flexibility index (Phi) is 3.12. The van der Waals surface area contributed by atoms with Crippen LogP contribution in [0.4, 0.5) is 0 Å². The number of ether oxygens (including phenoxy) is 1. The predicted octanol–water partition coefficient (Wildman–Crippen LogP) is 2.06. The van der Waals surface area contributed by atoms with Crippen LogP contribution in [-0.2, 0) is 9.53 Å². The first-order chi connectivity index (χ1) is 8.28. The van der Waals surface area contributed by atoms with Crippen LogP contribution < -0.4 is 0 Å². The van der Waals surface area contributed by atoms with Crippen LogP contribution in [0.5, 0.6) is 0 Å². The summed E-state index contributed by atoms with van der Waals surface area (Å²) in [5, 5.41) is 0. The lowest BCUT2D eigenvalue weighted by Gasteiger charge is -2.27. The minimum Gasteiger partial charge on any atom is -0.376 e. The lowest BCUT2D eigenvalue weighted by molar-refractivity contribution is -0.137. The minimum absolute atomic E-state index is 0.301. The van der Waals surface area contributed by atoms with E-state index in [1.165, 1.54) is 6.42 Å². The van der Waals surface area contributed by atoms with Crippen LogP contribution in [0, 0.1) is 17.8 Å². The monoisotopic (exact) mass is 237 g/mol. The van der Waals surface area contributed by atoms with Crippen LogP contribution >= 0.6 is 0 Å². The second kappa shape index (κ2) is 4.60. The Morgan fingerprint density at radius 3 is 2.65 bits per heavy atom. The van der Waals surface area contributed by atoms with E-state index in [2.05, 4.69) is 6.92 Å². The Labute approximate surface area is 104 Å². The number of carbonyl (C=O) groups is 1. The number of hydrogen-bond acceptors (Lipinski definition) is 2. The van der Waals surface area contributed by atoms with Crippen LogP contribution in [0.1, 0.15) is 39.0 Å². The highest BCUT2D eigenvalue weighted by Gasteiger charge is 2.48. The average molecular weight is 237 g/mol. The molecule has 2 aliphatic carbocycles. The van der Waals surface area contributed by atoms with Crippen LogP contribution in [0.2, 0.25) is 0 Å². The van der Waals surface area contributed by atoms with Gasteiger partial charge in [0, 0.05) is 25.6 Å². The summed E-state index contributed by atoms with van der Waals surface area (Å²) in [5.74, 6) is 2.52. The molecule has 3 aliphatic rings. The van der Waals surface area contributed by atoms with Gasteiger partial charge in [-0.2, -0.15) is 0 Å². The van der Waals surface area contributed by atoms with E-state index in [-0.39, 0.29) is 0 Å². The molecule has 96 valence electrons. The zero-order valence-corrected chi connectivity index (χ0v) is 10.7. The lowest BCUT2D eigenvalue weighted by atomic mass is 10.0. The number of likely N-dealkylation sites (N-methyl/N-ethyl adjacent to an activating group) is 1. The van der Waals surface area contributed by atoms with Gasteiger partial charge >= 0.3 is 0 Å². The molecule has 3 nitrogen and oxygen atoms in total. The summed E-state index contributed by atoms with van der Waals surface area (Å²) in [4.78, 5) is 14.4. The SMILES string of the molecule is CCN(CC1CCCO1)C(=O)C1CC2CC2C1. The number of fused-ring (bicyclic) bond motifs is 1. The van der Waals surface area contributed by atoms with Gasteiger partial charge in [0.25, 0.3) is 0 Å². The van der Waals surface area contributed by atoms with Gasteiger partial charge in [0.15, 0.2) is 0 Å². The average Bonchev–Trinajstić information content (AvgIpc) is 2.81. The van der Waals surface area contributed by atoms with Gasteiger partial charge in [0.1, 0.15) is 0 Å². The molecule has 3 atom stereocenters. The van der Waals surface area contributed by atoms with Crippen LogP contribution in [0.25, 0.3) is 0 Å². The molecule has 1 saturated heterocycles. The molecule has 0 N–H and O–H groups in total. The fraction of sp³-hybridized carbons (Fsp3) is 0.929. The summed E-state index contributed by atoms with van der Waals surface area (Å²) in [6.07, 6.45) is 6.29. The second-order valence-electron chi connectivity index (χ2n) is 5.94. The fourth-order valence-corrected chi connectivity index (χ4v) is 3.58.